The summed E-state index contributed by atoms with van der Waals surface area (Å²) in [5, 5.41) is 14.2. The summed E-state index contributed by atoms with van der Waals surface area (Å²) in [6.07, 6.45) is 3.51. The van der Waals surface area contributed by atoms with Crippen molar-refractivity contribution in [2.45, 2.75) is 39.7 Å². The van der Waals surface area contributed by atoms with Gasteiger partial charge in [-0.1, -0.05) is 26.0 Å². The quantitative estimate of drug-likeness (QED) is 0.760. The maximum atomic E-state index is 12.6. The number of aromatic nitrogens is 4. The molecule has 7 nitrogen and oxygen atoms in total. The smallest absolute Gasteiger partial charge is 0.253 e. The maximum absolute atomic E-state index is 12.6. The second-order valence-electron chi connectivity index (χ2n) is 5.82. The lowest BCUT2D eigenvalue weighted by atomic mass is 10.1. The van der Waals surface area contributed by atoms with Crippen LogP contribution in [0, 0.1) is 0 Å². The van der Waals surface area contributed by atoms with Gasteiger partial charge in [0, 0.05) is 6.04 Å². The minimum atomic E-state index is -0.101. The Balaban J connectivity index is 1.93. The molecule has 0 bridgehead atoms. The van der Waals surface area contributed by atoms with E-state index in [-0.39, 0.29) is 11.9 Å². The number of nitrogens with zero attached hydrogens (tertiary/aromatic N) is 5. The highest BCUT2D eigenvalue weighted by molar-refractivity contribution is 5.97. The molecule has 0 aliphatic carbocycles. The molecule has 1 N–H and O–H groups in total. The van der Waals surface area contributed by atoms with E-state index in [9.17, 15) is 4.79 Å². The van der Waals surface area contributed by atoms with Crippen molar-refractivity contribution < 1.29 is 4.79 Å². The molecule has 1 heterocycles. The molecule has 0 saturated heterocycles. The molecule has 0 unspecified atom stereocenters. The summed E-state index contributed by atoms with van der Waals surface area (Å²) in [4.78, 5) is 15.0. The minimum Gasteiger partial charge on any atom is -0.350 e. The van der Waals surface area contributed by atoms with E-state index < -0.39 is 0 Å². The Morgan fingerprint density at radius 1 is 1.29 bits per heavy atom. The largest absolute Gasteiger partial charge is 0.350 e. The normalized spacial score (nSPS) is 12.3. The highest BCUT2D eigenvalue weighted by Crippen LogP contribution is 2.13. The van der Waals surface area contributed by atoms with Crippen molar-refractivity contribution in [2.24, 2.45) is 0 Å². The van der Waals surface area contributed by atoms with Crippen LogP contribution in [0.25, 0.3) is 5.69 Å². The van der Waals surface area contributed by atoms with Gasteiger partial charge in [-0.15, -0.1) is 5.10 Å². The van der Waals surface area contributed by atoms with Gasteiger partial charge in [0.2, 0.25) is 0 Å². The van der Waals surface area contributed by atoms with E-state index in [1.165, 1.54) is 11.0 Å². The highest BCUT2D eigenvalue weighted by Gasteiger charge is 2.15. The SMILES string of the molecule is CCN(CC)CCC[C@H](C)NC(=O)c1ccccc1-n1cnnn1. The zero-order valence-electron chi connectivity index (χ0n) is 14.6. The first-order chi connectivity index (χ1) is 11.7. The third-order valence-electron chi connectivity index (χ3n) is 4.13. The van der Waals surface area contributed by atoms with Gasteiger partial charge in [0.15, 0.2) is 0 Å². The molecule has 24 heavy (non-hydrogen) atoms. The molecule has 0 spiro atoms. The van der Waals surface area contributed by atoms with Crippen LogP contribution in [0.15, 0.2) is 30.6 Å². The molecule has 1 atom stereocenters. The molecule has 0 aliphatic heterocycles. The lowest BCUT2D eigenvalue weighted by Gasteiger charge is -2.20. The average molecular weight is 330 g/mol. The van der Waals surface area contributed by atoms with Crippen molar-refractivity contribution in [3.63, 3.8) is 0 Å². The molecule has 0 aliphatic rings. The van der Waals surface area contributed by atoms with Gasteiger partial charge in [0.05, 0.1) is 11.3 Å². The molecule has 0 saturated carbocycles. The van der Waals surface area contributed by atoms with E-state index in [0.717, 1.165) is 32.5 Å². The summed E-state index contributed by atoms with van der Waals surface area (Å²) in [7, 11) is 0. The highest BCUT2D eigenvalue weighted by atomic mass is 16.1. The van der Waals surface area contributed by atoms with Gasteiger partial charge in [0.25, 0.3) is 5.91 Å². The Morgan fingerprint density at radius 3 is 2.71 bits per heavy atom. The predicted molar refractivity (Wildman–Crippen MR) is 93.1 cm³/mol. The second-order valence-corrected chi connectivity index (χ2v) is 5.82. The van der Waals surface area contributed by atoms with Crippen LogP contribution < -0.4 is 5.32 Å². The summed E-state index contributed by atoms with van der Waals surface area (Å²) in [5.74, 6) is -0.101. The van der Waals surface area contributed by atoms with E-state index in [2.05, 4.69) is 39.6 Å². The summed E-state index contributed by atoms with van der Waals surface area (Å²) in [6, 6.07) is 7.44. The molecule has 130 valence electrons. The van der Waals surface area contributed by atoms with Crippen LogP contribution in [-0.4, -0.2) is 56.7 Å². The van der Waals surface area contributed by atoms with E-state index in [4.69, 9.17) is 0 Å². The first-order valence-electron chi connectivity index (χ1n) is 8.51. The summed E-state index contributed by atoms with van der Waals surface area (Å²) < 4.78 is 1.50. The number of hydrogen-bond donors (Lipinski definition) is 1. The minimum absolute atomic E-state index is 0.101. The van der Waals surface area contributed by atoms with Gasteiger partial charge in [-0.05, 0) is 62.0 Å². The number of benzene rings is 1. The molecular weight excluding hydrogens is 304 g/mol. The Labute approximate surface area is 143 Å². The van der Waals surface area contributed by atoms with Gasteiger partial charge >= 0.3 is 0 Å². The van der Waals surface area contributed by atoms with Gasteiger partial charge in [0.1, 0.15) is 6.33 Å². The third kappa shape index (κ3) is 4.86. The van der Waals surface area contributed by atoms with Gasteiger partial charge in [-0.2, -0.15) is 4.68 Å². The average Bonchev–Trinajstić information content (AvgIpc) is 3.13. The van der Waals surface area contributed by atoms with Gasteiger partial charge in [-0.25, -0.2) is 0 Å². The fraction of sp³-hybridized carbons (Fsp3) is 0.529. The van der Waals surface area contributed by atoms with Crippen molar-refractivity contribution in [1.29, 1.82) is 0 Å². The molecule has 2 rings (SSSR count). The zero-order chi connectivity index (χ0) is 17.4. The van der Waals surface area contributed by atoms with Crippen LogP contribution in [0.5, 0.6) is 0 Å². The molecule has 2 aromatic rings. The molecule has 0 radical (unpaired) electrons. The van der Waals surface area contributed by atoms with Crippen molar-refractivity contribution in [1.82, 2.24) is 30.4 Å². The third-order valence-corrected chi connectivity index (χ3v) is 4.13. The number of carbonyl (C=O) groups is 1. The molecule has 1 aromatic heterocycles. The molecule has 7 heteroatoms. The number of rotatable bonds is 9. The lowest BCUT2D eigenvalue weighted by molar-refractivity contribution is 0.0937. The van der Waals surface area contributed by atoms with Crippen LogP contribution in [-0.2, 0) is 0 Å². The standard InChI is InChI=1S/C17H26N6O/c1-4-22(5-2)12-8-9-14(3)19-17(24)15-10-6-7-11-16(15)23-13-18-20-21-23/h6-7,10-11,13-14H,4-5,8-9,12H2,1-3H3,(H,19,24)/t14-/m0/s1. The number of carbonyl (C=O) groups excluding carboxylic acids is 1. The van der Waals surface area contributed by atoms with Crippen LogP contribution in [0.2, 0.25) is 0 Å². The Hall–Kier alpha value is -2.28. The number of tetrazole rings is 1. The fourth-order valence-corrected chi connectivity index (χ4v) is 2.67. The molecule has 1 amide bonds. The summed E-state index contributed by atoms with van der Waals surface area (Å²) in [5.41, 5.74) is 1.25. The van der Waals surface area contributed by atoms with E-state index >= 15 is 0 Å². The van der Waals surface area contributed by atoms with E-state index in [1.54, 1.807) is 6.07 Å². The lowest BCUT2D eigenvalue weighted by Crippen LogP contribution is -2.34. The Bertz CT molecular complexity index is 624. The molecular formula is C17H26N6O. The maximum Gasteiger partial charge on any atom is 0.253 e. The summed E-state index contributed by atoms with van der Waals surface area (Å²) >= 11 is 0. The van der Waals surface area contributed by atoms with Crippen LogP contribution in [0.3, 0.4) is 0 Å². The van der Waals surface area contributed by atoms with Crippen LogP contribution >= 0.6 is 0 Å². The van der Waals surface area contributed by atoms with Crippen LogP contribution in [0.1, 0.15) is 44.0 Å². The topological polar surface area (TPSA) is 75.9 Å². The van der Waals surface area contributed by atoms with Crippen molar-refractivity contribution >= 4 is 5.91 Å². The first kappa shape index (κ1) is 18.1. The van der Waals surface area contributed by atoms with Gasteiger partial charge in [-0.3, -0.25) is 4.79 Å². The predicted octanol–water partition coefficient (Wildman–Crippen LogP) is 1.90. The Kier molecular flexibility index (Phi) is 6.87. The van der Waals surface area contributed by atoms with Crippen LogP contribution in [0.4, 0.5) is 0 Å². The number of hydrogen-bond acceptors (Lipinski definition) is 5. The van der Waals surface area contributed by atoms with Crippen molar-refractivity contribution in [3.8, 4) is 5.69 Å². The zero-order valence-corrected chi connectivity index (χ0v) is 14.6. The van der Waals surface area contributed by atoms with E-state index in [1.807, 2.05) is 25.1 Å². The monoisotopic (exact) mass is 330 g/mol. The summed E-state index contributed by atoms with van der Waals surface area (Å²) in [6.45, 7) is 9.58. The second kappa shape index (κ2) is 9.12. The molecule has 0 fully saturated rings. The van der Waals surface area contributed by atoms with Crippen molar-refractivity contribution in [3.05, 3.63) is 36.2 Å². The van der Waals surface area contributed by atoms with Gasteiger partial charge < -0.3 is 10.2 Å². The van der Waals surface area contributed by atoms with E-state index in [0.29, 0.717) is 11.3 Å². The number of amides is 1. The Morgan fingerprint density at radius 2 is 2.04 bits per heavy atom. The fourth-order valence-electron chi connectivity index (χ4n) is 2.67. The van der Waals surface area contributed by atoms with Crippen molar-refractivity contribution in [2.75, 3.05) is 19.6 Å². The molecule has 1 aromatic carbocycles. The first-order valence-corrected chi connectivity index (χ1v) is 8.51. The number of para-hydroxylation sites is 1. The number of nitrogens with one attached hydrogen (secondary N) is 1.